The number of halogens is 1. The van der Waals surface area contributed by atoms with Gasteiger partial charge in [-0.2, -0.15) is 0 Å². The van der Waals surface area contributed by atoms with Crippen molar-refractivity contribution in [1.29, 1.82) is 0 Å². The van der Waals surface area contributed by atoms with Crippen molar-refractivity contribution in [3.63, 3.8) is 0 Å². The highest BCUT2D eigenvalue weighted by Gasteiger charge is 2.10. The first kappa shape index (κ1) is 15.2. The smallest absolute Gasteiger partial charge is 0.123 e. The van der Waals surface area contributed by atoms with Gasteiger partial charge in [0, 0.05) is 0 Å². The largest absolute Gasteiger partial charge is 0.207 e. The van der Waals surface area contributed by atoms with E-state index < -0.39 is 0 Å². The van der Waals surface area contributed by atoms with E-state index in [2.05, 4.69) is 19.9 Å². The molecule has 1 aromatic rings. The lowest BCUT2D eigenvalue weighted by Crippen LogP contribution is -1.99. The zero-order chi connectivity index (χ0) is 13.2. The van der Waals surface area contributed by atoms with Crippen LogP contribution >= 0.6 is 0 Å². The van der Waals surface area contributed by atoms with Crippen LogP contribution in [-0.2, 0) is 0 Å². The summed E-state index contributed by atoms with van der Waals surface area (Å²) < 4.78 is 13.3. The molecule has 0 fully saturated rings. The van der Waals surface area contributed by atoms with E-state index in [-0.39, 0.29) is 5.82 Å². The van der Waals surface area contributed by atoms with Crippen molar-refractivity contribution < 1.29 is 4.39 Å². The number of hydrogen-bond donors (Lipinski definition) is 0. The van der Waals surface area contributed by atoms with Gasteiger partial charge in [-0.15, -0.1) is 0 Å². The highest BCUT2D eigenvalue weighted by atomic mass is 19.1. The summed E-state index contributed by atoms with van der Waals surface area (Å²) >= 11 is 0. The second kappa shape index (κ2) is 9.13. The van der Waals surface area contributed by atoms with Crippen molar-refractivity contribution >= 4 is 0 Å². The minimum Gasteiger partial charge on any atom is -0.207 e. The van der Waals surface area contributed by atoms with Crippen LogP contribution in [0.3, 0.4) is 0 Å². The van der Waals surface area contributed by atoms with Crippen LogP contribution in [0.2, 0.25) is 0 Å². The number of benzene rings is 1. The molecule has 0 aromatic heterocycles. The van der Waals surface area contributed by atoms with Crippen molar-refractivity contribution in [2.24, 2.45) is 0 Å². The molecule has 1 atom stereocenters. The number of hydrogen-bond acceptors (Lipinski definition) is 0. The number of unbranched alkanes of at least 4 members (excludes halogenated alkanes) is 4. The Hall–Kier alpha value is -0.850. The Morgan fingerprint density at radius 1 is 0.944 bits per heavy atom. The fraction of sp³-hybridized carbons (Fsp3) is 0.647. The van der Waals surface area contributed by atoms with E-state index in [1.54, 1.807) is 6.07 Å². The summed E-state index contributed by atoms with van der Waals surface area (Å²) in [5.74, 6) is 0.451. The van der Waals surface area contributed by atoms with Gasteiger partial charge in [-0.25, -0.2) is 4.39 Å². The quantitative estimate of drug-likeness (QED) is 0.467. The number of rotatable bonds is 9. The minimum absolute atomic E-state index is 0.0976. The lowest BCUT2D eigenvalue weighted by Gasteiger charge is -2.16. The van der Waals surface area contributed by atoms with E-state index in [1.165, 1.54) is 63.0 Å². The van der Waals surface area contributed by atoms with Gasteiger partial charge in [-0.05, 0) is 36.5 Å². The van der Waals surface area contributed by atoms with Gasteiger partial charge in [-0.1, -0.05) is 64.5 Å². The van der Waals surface area contributed by atoms with Crippen molar-refractivity contribution in [2.75, 3.05) is 0 Å². The van der Waals surface area contributed by atoms with Gasteiger partial charge in [0.15, 0.2) is 0 Å². The van der Waals surface area contributed by atoms with Crippen LogP contribution in [0.15, 0.2) is 24.3 Å². The first-order valence-electron chi connectivity index (χ1n) is 7.53. The van der Waals surface area contributed by atoms with Crippen LogP contribution in [0.5, 0.6) is 0 Å². The Morgan fingerprint density at radius 2 is 1.72 bits per heavy atom. The molecule has 0 aliphatic carbocycles. The normalized spacial score (nSPS) is 12.6. The van der Waals surface area contributed by atoms with Gasteiger partial charge >= 0.3 is 0 Å². The van der Waals surface area contributed by atoms with Gasteiger partial charge in [0.05, 0.1) is 0 Å². The predicted octanol–water partition coefficient (Wildman–Crippen LogP) is 6.07. The first-order chi connectivity index (χ1) is 8.77. The van der Waals surface area contributed by atoms with Gasteiger partial charge in [0.2, 0.25) is 0 Å². The lowest BCUT2D eigenvalue weighted by molar-refractivity contribution is 0.513. The average Bonchev–Trinajstić information content (AvgIpc) is 2.37. The summed E-state index contributed by atoms with van der Waals surface area (Å²) in [6, 6.07) is 7.17. The Bertz CT molecular complexity index is 319. The van der Waals surface area contributed by atoms with Crippen LogP contribution in [0, 0.1) is 5.82 Å². The third-order valence-electron chi connectivity index (χ3n) is 3.61. The highest BCUT2D eigenvalue weighted by molar-refractivity contribution is 5.20. The van der Waals surface area contributed by atoms with E-state index in [0.29, 0.717) is 5.92 Å². The Balaban J connectivity index is 2.44. The summed E-state index contributed by atoms with van der Waals surface area (Å²) in [5.41, 5.74) is 1.19. The molecule has 102 valence electrons. The monoisotopic (exact) mass is 250 g/mol. The van der Waals surface area contributed by atoms with Gasteiger partial charge in [0.25, 0.3) is 0 Å². The summed E-state index contributed by atoms with van der Waals surface area (Å²) in [4.78, 5) is 0. The summed E-state index contributed by atoms with van der Waals surface area (Å²) in [7, 11) is 0. The molecule has 1 heteroatoms. The van der Waals surface area contributed by atoms with E-state index in [1.807, 2.05) is 6.07 Å². The molecule has 0 bridgehead atoms. The molecule has 18 heavy (non-hydrogen) atoms. The molecule has 0 amide bonds. The van der Waals surface area contributed by atoms with Crippen molar-refractivity contribution in [3.8, 4) is 0 Å². The predicted molar refractivity (Wildman–Crippen MR) is 77.4 cm³/mol. The minimum atomic E-state index is -0.0976. The Labute approximate surface area is 112 Å². The SMILES string of the molecule is CCCCCCCC(CCC)c1cccc(F)c1. The molecule has 1 unspecified atom stereocenters. The first-order valence-corrected chi connectivity index (χ1v) is 7.53. The van der Waals surface area contributed by atoms with E-state index in [0.717, 1.165) is 0 Å². The molecular formula is C17H27F. The zero-order valence-corrected chi connectivity index (χ0v) is 11.9. The highest BCUT2D eigenvalue weighted by Crippen LogP contribution is 2.27. The summed E-state index contributed by atoms with van der Waals surface area (Å²) in [6.07, 6.45) is 10.2. The molecular weight excluding hydrogens is 223 g/mol. The Morgan fingerprint density at radius 3 is 2.39 bits per heavy atom. The molecule has 0 nitrogen and oxygen atoms in total. The van der Waals surface area contributed by atoms with Crippen LogP contribution in [0.1, 0.15) is 76.7 Å². The fourth-order valence-corrected chi connectivity index (χ4v) is 2.58. The molecule has 0 heterocycles. The maximum absolute atomic E-state index is 13.3. The molecule has 0 spiro atoms. The fourth-order valence-electron chi connectivity index (χ4n) is 2.58. The average molecular weight is 250 g/mol. The second-order valence-electron chi connectivity index (χ2n) is 5.24. The third kappa shape index (κ3) is 5.66. The molecule has 0 N–H and O–H groups in total. The summed E-state index contributed by atoms with van der Waals surface area (Å²) in [6.45, 7) is 4.45. The van der Waals surface area contributed by atoms with E-state index >= 15 is 0 Å². The van der Waals surface area contributed by atoms with E-state index in [4.69, 9.17) is 0 Å². The Kier molecular flexibility index (Phi) is 7.71. The maximum atomic E-state index is 13.3. The zero-order valence-electron chi connectivity index (χ0n) is 11.9. The molecule has 0 radical (unpaired) electrons. The van der Waals surface area contributed by atoms with E-state index in [9.17, 15) is 4.39 Å². The molecule has 1 rings (SSSR count). The van der Waals surface area contributed by atoms with Crippen molar-refractivity contribution in [2.45, 2.75) is 71.1 Å². The third-order valence-corrected chi connectivity index (χ3v) is 3.61. The topological polar surface area (TPSA) is 0 Å². The molecule has 0 aliphatic rings. The summed E-state index contributed by atoms with van der Waals surface area (Å²) in [5, 5.41) is 0. The lowest BCUT2D eigenvalue weighted by atomic mass is 9.89. The van der Waals surface area contributed by atoms with Crippen molar-refractivity contribution in [3.05, 3.63) is 35.6 Å². The van der Waals surface area contributed by atoms with Crippen LogP contribution in [0.25, 0.3) is 0 Å². The van der Waals surface area contributed by atoms with Crippen LogP contribution in [-0.4, -0.2) is 0 Å². The van der Waals surface area contributed by atoms with Gasteiger partial charge in [0.1, 0.15) is 5.82 Å². The van der Waals surface area contributed by atoms with Crippen molar-refractivity contribution in [1.82, 2.24) is 0 Å². The maximum Gasteiger partial charge on any atom is 0.123 e. The molecule has 1 aromatic carbocycles. The molecule has 0 saturated carbocycles. The molecule has 0 aliphatic heterocycles. The van der Waals surface area contributed by atoms with Gasteiger partial charge in [-0.3, -0.25) is 0 Å². The van der Waals surface area contributed by atoms with Crippen LogP contribution in [0.4, 0.5) is 4.39 Å². The second-order valence-corrected chi connectivity index (χ2v) is 5.24. The van der Waals surface area contributed by atoms with Gasteiger partial charge < -0.3 is 0 Å². The molecule has 0 saturated heterocycles. The standard InChI is InChI=1S/C17H27F/c1-3-5-6-7-8-11-15(10-4-2)16-12-9-13-17(18)14-16/h9,12-15H,3-8,10-11H2,1-2H3. The van der Waals surface area contributed by atoms with Crippen LogP contribution < -0.4 is 0 Å².